The predicted molar refractivity (Wildman–Crippen MR) is 87.6 cm³/mol. The molecule has 2 aromatic rings. The van der Waals surface area contributed by atoms with E-state index in [1.54, 1.807) is 12.1 Å². The van der Waals surface area contributed by atoms with Gasteiger partial charge >= 0.3 is 6.09 Å². The second-order valence-electron chi connectivity index (χ2n) is 5.30. The molecule has 0 saturated heterocycles. The minimum atomic E-state index is -0.544. The summed E-state index contributed by atoms with van der Waals surface area (Å²) in [6, 6.07) is 3.27. The summed E-state index contributed by atoms with van der Waals surface area (Å²) < 4.78 is 4.49. The Morgan fingerprint density at radius 2 is 2.08 bits per heavy atom. The lowest BCUT2D eigenvalue weighted by molar-refractivity contribution is 0.0954. The first-order valence-electron chi connectivity index (χ1n) is 7.56. The highest BCUT2D eigenvalue weighted by molar-refractivity contribution is 5.94. The van der Waals surface area contributed by atoms with Gasteiger partial charge in [-0.25, -0.2) is 4.79 Å². The summed E-state index contributed by atoms with van der Waals surface area (Å²) in [5, 5.41) is 12.5. The van der Waals surface area contributed by atoms with Gasteiger partial charge in [0.2, 0.25) is 0 Å². The van der Waals surface area contributed by atoms with Crippen molar-refractivity contribution in [3.63, 3.8) is 0 Å². The van der Waals surface area contributed by atoms with Crippen molar-refractivity contribution in [3.8, 4) is 0 Å². The molecule has 8 heteroatoms. The number of methoxy groups -OCH3 is 1. The van der Waals surface area contributed by atoms with Gasteiger partial charge in [0.05, 0.1) is 25.0 Å². The molecule has 0 fully saturated rings. The van der Waals surface area contributed by atoms with Gasteiger partial charge < -0.3 is 15.4 Å². The molecule has 0 saturated carbocycles. The number of pyridine rings is 1. The number of carbonyl (C=O) groups excluding carboxylic acids is 2. The smallest absolute Gasteiger partial charge is 0.407 e. The Balaban J connectivity index is 1.89. The average molecular weight is 331 g/mol. The van der Waals surface area contributed by atoms with Crippen LogP contribution < -0.4 is 10.6 Å². The number of ether oxygens (including phenoxy) is 1. The van der Waals surface area contributed by atoms with Crippen LogP contribution in [0.25, 0.3) is 0 Å². The van der Waals surface area contributed by atoms with Gasteiger partial charge in [-0.2, -0.15) is 5.10 Å². The van der Waals surface area contributed by atoms with E-state index >= 15 is 0 Å². The maximum Gasteiger partial charge on any atom is 0.407 e. The van der Waals surface area contributed by atoms with Crippen molar-refractivity contribution >= 4 is 12.0 Å². The van der Waals surface area contributed by atoms with Gasteiger partial charge in [0.25, 0.3) is 5.91 Å². The van der Waals surface area contributed by atoms with Crippen molar-refractivity contribution in [2.24, 2.45) is 0 Å². The normalized spacial score (nSPS) is 10.3. The molecule has 0 atom stereocenters. The van der Waals surface area contributed by atoms with Gasteiger partial charge in [0.15, 0.2) is 0 Å². The van der Waals surface area contributed by atoms with Crippen LogP contribution in [0.3, 0.4) is 0 Å². The lowest BCUT2D eigenvalue weighted by atomic mass is 10.1. The highest BCUT2D eigenvalue weighted by atomic mass is 16.5. The summed E-state index contributed by atoms with van der Waals surface area (Å²) >= 11 is 0. The first-order chi connectivity index (χ1) is 11.5. The van der Waals surface area contributed by atoms with Crippen LogP contribution >= 0.6 is 0 Å². The third-order valence-corrected chi connectivity index (χ3v) is 3.62. The molecule has 0 aliphatic carbocycles. The van der Waals surface area contributed by atoms with Crippen LogP contribution in [0.1, 0.15) is 33.0 Å². The molecule has 0 bridgehead atoms. The highest BCUT2D eigenvalue weighted by Crippen LogP contribution is 2.09. The van der Waals surface area contributed by atoms with E-state index in [2.05, 4.69) is 30.6 Å². The summed E-state index contributed by atoms with van der Waals surface area (Å²) in [7, 11) is 1.29. The number of carbonyl (C=O) groups is 2. The molecule has 128 valence electrons. The first kappa shape index (κ1) is 17.5. The maximum absolute atomic E-state index is 12.2. The number of hydrogen-bond donors (Lipinski definition) is 3. The van der Waals surface area contributed by atoms with Crippen LogP contribution in [0.4, 0.5) is 4.79 Å². The van der Waals surface area contributed by atoms with Crippen LogP contribution in [0, 0.1) is 13.8 Å². The SMILES string of the molecule is COC(=O)NCc1cc(C(=O)NCCc2c(C)n[nH]c2C)ccn1. The number of rotatable bonds is 6. The standard InChI is InChI=1S/C16H21N5O3/c1-10-14(11(2)21-20-10)5-7-18-15(22)12-4-6-17-13(8-12)9-19-16(23)24-3/h4,6,8H,5,7,9H2,1-3H3,(H,18,22)(H,19,23)(H,20,21). The molecule has 2 amide bonds. The fourth-order valence-corrected chi connectivity index (χ4v) is 2.30. The van der Waals surface area contributed by atoms with E-state index in [9.17, 15) is 9.59 Å². The molecule has 0 aromatic carbocycles. The van der Waals surface area contributed by atoms with E-state index in [0.29, 0.717) is 24.2 Å². The predicted octanol–water partition coefficient (Wildman–Crippen LogP) is 1.25. The molecule has 8 nitrogen and oxygen atoms in total. The molecule has 2 heterocycles. The molecular weight excluding hydrogens is 310 g/mol. The zero-order valence-corrected chi connectivity index (χ0v) is 14.0. The highest BCUT2D eigenvalue weighted by Gasteiger charge is 2.10. The molecule has 0 aliphatic rings. The Kier molecular flexibility index (Phi) is 5.89. The molecule has 0 unspecified atom stereocenters. The van der Waals surface area contributed by atoms with Crippen molar-refractivity contribution in [1.29, 1.82) is 0 Å². The van der Waals surface area contributed by atoms with Crippen LogP contribution in [-0.4, -0.2) is 40.8 Å². The van der Waals surface area contributed by atoms with E-state index in [4.69, 9.17) is 0 Å². The minimum absolute atomic E-state index is 0.185. The molecule has 24 heavy (non-hydrogen) atoms. The summed E-state index contributed by atoms with van der Waals surface area (Å²) in [6.45, 7) is 4.60. The monoisotopic (exact) mass is 331 g/mol. The lowest BCUT2D eigenvalue weighted by Crippen LogP contribution is -2.27. The van der Waals surface area contributed by atoms with Gasteiger partial charge in [0, 0.05) is 24.0 Å². The van der Waals surface area contributed by atoms with Crippen LogP contribution in [0.15, 0.2) is 18.3 Å². The number of amides is 2. The zero-order valence-electron chi connectivity index (χ0n) is 14.0. The fourth-order valence-electron chi connectivity index (χ4n) is 2.30. The van der Waals surface area contributed by atoms with Crippen molar-refractivity contribution < 1.29 is 14.3 Å². The fraction of sp³-hybridized carbons (Fsp3) is 0.375. The van der Waals surface area contributed by atoms with Crippen LogP contribution in [0.5, 0.6) is 0 Å². The zero-order chi connectivity index (χ0) is 17.5. The third-order valence-electron chi connectivity index (χ3n) is 3.62. The molecular formula is C16H21N5O3. The van der Waals surface area contributed by atoms with Crippen LogP contribution in [0.2, 0.25) is 0 Å². The number of nitrogens with one attached hydrogen (secondary N) is 3. The molecule has 2 rings (SSSR count). The average Bonchev–Trinajstić information content (AvgIpc) is 2.91. The molecule has 2 aromatic heterocycles. The van der Waals surface area contributed by atoms with Gasteiger partial charge in [-0.1, -0.05) is 0 Å². The summed E-state index contributed by atoms with van der Waals surface area (Å²) in [6.07, 6.45) is 1.70. The second-order valence-corrected chi connectivity index (χ2v) is 5.30. The van der Waals surface area contributed by atoms with Gasteiger partial charge in [-0.15, -0.1) is 0 Å². The number of hydrogen-bond acceptors (Lipinski definition) is 5. The maximum atomic E-state index is 12.2. The Morgan fingerprint density at radius 3 is 2.75 bits per heavy atom. The number of aryl methyl sites for hydroxylation is 2. The minimum Gasteiger partial charge on any atom is -0.453 e. The number of alkyl carbamates (subject to hydrolysis) is 1. The Labute approximate surface area is 140 Å². The number of nitrogens with zero attached hydrogens (tertiary/aromatic N) is 2. The van der Waals surface area contributed by atoms with E-state index in [0.717, 1.165) is 17.0 Å². The number of H-pyrrole nitrogens is 1. The third kappa shape index (κ3) is 4.55. The second kappa shape index (κ2) is 8.09. The van der Waals surface area contributed by atoms with Crippen molar-refractivity contribution in [2.75, 3.05) is 13.7 Å². The van der Waals surface area contributed by atoms with E-state index in [1.165, 1.54) is 13.3 Å². The molecule has 3 N–H and O–H groups in total. The van der Waals surface area contributed by atoms with Crippen molar-refractivity contribution in [3.05, 3.63) is 46.5 Å². The van der Waals surface area contributed by atoms with Gasteiger partial charge in [0.1, 0.15) is 0 Å². The molecule has 0 radical (unpaired) electrons. The van der Waals surface area contributed by atoms with E-state index in [-0.39, 0.29) is 12.5 Å². The largest absolute Gasteiger partial charge is 0.453 e. The van der Waals surface area contributed by atoms with Gasteiger partial charge in [-0.3, -0.25) is 14.9 Å². The van der Waals surface area contributed by atoms with E-state index < -0.39 is 6.09 Å². The quantitative estimate of drug-likeness (QED) is 0.738. The lowest BCUT2D eigenvalue weighted by Gasteiger charge is -2.07. The van der Waals surface area contributed by atoms with Crippen molar-refractivity contribution in [2.45, 2.75) is 26.8 Å². The van der Waals surface area contributed by atoms with Crippen LogP contribution in [-0.2, 0) is 17.7 Å². The first-order valence-corrected chi connectivity index (χ1v) is 7.56. The molecule has 0 aliphatic heterocycles. The summed E-state index contributed by atoms with van der Waals surface area (Å²) in [5.74, 6) is -0.185. The number of aromatic nitrogens is 3. The number of aromatic amines is 1. The Hall–Kier alpha value is -2.90. The van der Waals surface area contributed by atoms with E-state index in [1.807, 2.05) is 13.8 Å². The van der Waals surface area contributed by atoms with Gasteiger partial charge in [-0.05, 0) is 38.0 Å². The van der Waals surface area contributed by atoms with Crippen molar-refractivity contribution in [1.82, 2.24) is 25.8 Å². The molecule has 0 spiro atoms. The summed E-state index contributed by atoms with van der Waals surface area (Å²) in [4.78, 5) is 27.4. The Morgan fingerprint density at radius 1 is 1.29 bits per heavy atom. The summed E-state index contributed by atoms with van der Waals surface area (Å²) in [5.41, 5.74) is 4.15. The topological polar surface area (TPSA) is 109 Å². The Bertz CT molecular complexity index is 707.